The quantitative estimate of drug-likeness (QED) is 0.256. The Morgan fingerprint density at radius 3 is 2.29 bits per heavy atom. The van der Waals surface area contributed by atoms with E-state index in [0.717, 1.165) is 10.0 Å². The van der Waals surface area contributed by atoms with Gasteiger partial charge in [-0.2, -0.15) is 5.10 Å². The number of nitrogens with zero attached hydrogens (tertiary/aromatic N) is 2. The Kier molecular flexibility index (Phi) is 7.53. The molecule has 0 amide bonds. The van der Waals surface area contributed by atoms with Crippen LogP contribution in [0.4, 0.5) is 0 Å². The van der Waals surface area contributed by atoms with Crippen molar-refractivity contribution in [2.75, 3.05) is 14.2 Å². The zero-order chi connectivity index (χ0) is 24.9. The molecule has 0 saturated carbocycles. The lowest BCUT2D eigenvalue weighted by atomic mass is 10.0. The number of aromatic nitrogens is 2. The summed E-state index contributed by atoms with van der Waals surface area (Å²) in [6, 6.07) is 21.6. The van der Waals surface area contributed by atoms with Gasteiger partial charge >= 0.3 is 11.9 Å². The second kappa shape index (κ2) is 10.8. The van der Waals surface area contributed by atoms with E-state index >= 15 is 0 Å². The zero-order valence-electron chi connectivity index (χ0n) is 18.8. The third-order valence-corrected chi connectivity index (χ3v) is 5.90. The molecule has 4 rings (SSSR count). The predicted molar refractivity (Wildman–Crippen MR) is 135 cm³/mol. The minimum atomic E-state index is -0.730. The molecular weight excluding hydrogens is 536 g/mol. The number of benzene rings is 3. The van der Waals surface area contributed by atoms with E-state index in [2.05, 4.69) is 21.0 Å². The molecule has 1 heterocycles. The molecular formula is C26H20BrClN2O5. The molecule has 4 aromatic rings. The van der Waals surface area contributed by atoms with Crippen LogP contribution in [-0.2, 0) is 16.1 Å². The van der Waals surface area contributed by atoms with Crippen LogP contribution in [0.3, 0.4) is 0 Å². The van der Waals surface area contributed by atoms with Crippen LogP contribution in [0, 0.1) is 0 Å². The van der Waals surface area contributed by atoms with Gasteiger partial charge in [0.2, 0.25) is 0 Å². The molecule has 0 atom stereocenters. The van der Waals surface area contributed by atoms with E-state index < -0.39 is 11.9 Å². The molecule has 0 bridgehead atoms. The number of halogens is 2. The van der Waals surface area contributed by atoms with Crippen LogP contribution < -0.4 is 4.74 Å². The molecule has 0 aliphatic carbocycles. The average molecular weight is 556 g/mol. The first-order valence-electron chi connectivity index (χ1n) is 10.4. The van der Waals surface area contributed by atoms with Crippen molar-refractivity contribution in [2.24, 2.45) is 0 Å². The minimum absolute atomic E-state index is 0.0300. The molecule has 35 heavy (non-hydrogen) atoms. The van der Waals surface area contributed by atoms with Crippen molar-refractivity contribution in [3.05, 3.63) is 99.1 Å². The molecule has 0 fully saturated rings. The van der Waals surface area contributed by atoms with Crippen molar-refractivity contribution in [1.29, 1.82) is 0 Å². The number of carbonyl (C=O) groups excluding carboxylic acids is 2. The lowest BCUT2D eigenvalue weighted by molar-refractivity contribution is 0.0549. The summed E-state index contributed by atoms with van der Waals surface area (Å²) in [6.07, 6.45) is 0. The fourth-order valence-electron chi connectivity index (χ4n) is 3.50. The Labute approximate surface area is 215 Å². The predicted octanol–water partition coefficient (Wildman–Crippen LogP) is 6.11. The van der Waals surface area contributed by atoms with Crippen LogP contribution >= 0.6 is 27.5 Å². The van der Waals surface area contributed by atoms with E-state index in [9.17, 15) is 9.59 Å². The van der Waals surface area contributed by atoms with Gasteiger partial charge in [-0.25, -0.2) is 14.3 Å². The maximum atomic E-state index is 13.0. The summed E-state index contributed by atoms with van der Waals surface area (Å²) in [5.41, 5.74) is 2.10. The van der Waals surface area contributed by atoms with Gasteiger partial charge in [-0.3, -0.25) is 0 Å². The molecule has 178 valence electrons. The summed E-state index contributed by atoms with van der Waals surface area (Å²) in [5.74, 6) is -1.000. The largest absolute Gasteiger partial charge is 0.488 e. The summed E-state index contributed by atoms with van der Waals surface area (Å²) < 4.78 is 18.2. The van der Waals surface area contributed by atoms with Crippen molar-refractivity contribution >= 4 is 39.5 Å². The topological polar surface area (TPSA) is 79.7 Å². The molecule has 9 heteroatoms. The zero-order valence-corrected chi connectivity index (χ0v) is 21.2. The van der Waals surface area contributed by atoms with Crippen molar-refractivity contribution in [3.63, 3.8) is 0 Å². The van der Waals surface area contributed by atoms with E-state index in [-0.39, 0.29) is 23.6 Å². The van der Waals surface area contributed by atoms with Gasteiger partial charge in [0.15, 0.2) is 5.69 Å². The van der Waals surface area contributed by atoms with E-state index in [1.165, 1.54) is 18.9 Å². The van der Waals surface area contributed by atoms with Crippen molar-refractivity contribution in [3.8, 4) is 22.7 Å². The second-order valence-electron chi connectivity index (χ2n) is 7.36. The van der Waals surface area contributed by atoms with Crippen molar-refractivity contribution in [2.45, 2.75) is 6.61 Å². The number of methoxy groups -OCH3 is 2. The molecule has 3 aromatic carbocycles. The molecule has 0 unspecified atom stereocenters. The van der Waals surface area contributed by atoms with Crippen molar-refractivity contribution in [1.82, 2.24) is 9.78 Å². The number of hydrogen-bond donors (Lipinski definition) is 0. The van der Waals surface area contributed by atoms with Crippen LogP contribution in [0.25, 0.3) is 16.9 Å². The third-order valence-electron chi connectivity index (χ3n) is 5.16. The number of rotatable bonds is 7. The highest BCUT2D eigenvalue weighted by atomic mass is 79.9. The first-order chi connectivity index (χ1) is 16.9. The molecule has 0 spiro atoms. The number of para-hydroxylation sites is 1. The monoisotopic (exact) mass is 554 g/mol. The van der Waals surface area contributed by atoms with E-state index in [0.29, 0.717) is 22.0 Å². The minimum Gasteiger partial charge on any atom is -0.488 e. The molecule has 0 saturated heterocycles. The normalized spacial score (nSPS) is 10.6. The summed E-state index contributed by atoms with van der Waals surface area (Å²) in [7, 11) is 2.48. The van der Waals surface area contributed by atoms with Gasteiger partial charge in [0, 0.05) is 15.1 Å². The number of hydrogen-bond acceptors (Lipinski definition) is 6. The first kappa shape index (κ1) is 24.5. The highest BCUT2D eigenvalue weighted by Gasteiger charge is 2.32. The van der Waals surface area contributed by atoms with Crippen LogP contribution in [0.5, 0.6) is 5.75 Å². The Bertz CT molecular complexity index is 1370. The summed E-state index contributed by atoms with van der Waals surface area (Å²) in [6.45, 7) is 0.253. The third kappa shape index (κ3) is 5.23. The Morgan fingerprint density at radius 2 is 1.63 bits per heavy atom. The van der Waals surface area contributed by atoms with Gasteiger partial charge in [-0.1, -0.05) is 57.9 Å². The maximum absolute atomic E-state index is 13.0. The fourth-order valence-corrected chi connectivity index (χ4v) is 3.99. The van der Waals surface area contributed by atoms with Crippen molar-refractivity contribution < 1.29 is 23.8 Å². The molecule has 0 aliphatic heterocycles. The highest BCUT2D eigenvalue weighted by molar-refractivity contribution is 9.10. The second-order valence-corrected chi connectivity index (χ2v) is 8.71. The van der Waals surface area contributed by atoms with Crippen LogP contribution in [-0.4, -0.2) is 35.9 Å². The highest BCUT2D eigenvalue weighted by Crippen LogP contribution is 2.37. The summed E-state index contributed by atoms with van der Waals surface area (Å²) >= 11 is 9.46. The summed E-state index contributed by atoms with van der Waals surface area (Å²) in [4.78, 5) is 25.8. The van der Waals surface area contributed by atoms with Crippen LogP contribution in [0.15, 0.2) is 77.3 Å². The van der Waals surface area contributed by atoms with Gasteiger partial charge in [0.1, 0.15) is 23.6 Å². The van der Waals surface area contributed by atoms with Gasteiger partial charge < -0.3 is 14.2 Å². The molecule has 0 radical (unpaired) electrons. The number of carbonyl (C=O) groups is 2. The smallest absolute Gasteiger partial charge is 0.357 e. The average Bonchev–Trinajstić information content (AvgIpc) is 3.29. The van der Waals surface area contributed by atoms with Gasteiger partial charge in [-0.15, -0.1) is 0 Å². The standard InChI is InChI=1S/C26H20BrClN2O5/c1-33-25(31)22-23(29-30(24(22)26(32)34-2)19-6-4-3-5-7-19)20-14-17(27)10-13-21(20)35-15-16-8-11-18(28)12-9-16/h3-14H,15H2,1-2H3. The lowest BCUT2D eigenvalue weighted by Gasteiger charge is -2.12. The molecule has 0 aliphatic rings. The van der Waals surface area contributed by atoms with Gasteiger partial charge in [-0.05, 0) is 48.0 Å². The maximum Gasteiger partial charge on any atom is 0.357 e. The molecule has 0 N–H and O–H groups in total. The van der Waals surface area contributed by atoms with E-state index in [4.69, 9.17) is 25.8 Å². The Hall–Kier alpha value is -3.62. The SMILES string of the molecule is COC(=O)c1c(-c2cc(Br)ccc2OCc2ccc(Cl)cc2)nn(-c2ccccc2)c1C(=O)OC. The lowest BCUT2D eigenvalue weighted by Crippen LogP contribution is -2.15. The van der Waals surface area contributed by atoms with E-state index in [1.807, 2.05) is 24.3 Å². The van der Waals surface area contributed by atoms with Gasteiger partial charge in [0.05, 0.1) is 19.9 Å². The Balaban J connectivity index is 1.89. The molecule has 7 nitrogen and oxygen atoms in total. The van der Waals surface area contributed by atoms with Crippen LogP contribution in [0.2, 0.25) is 5.02 Å². The molecule has 1 aromatic heterocycles. The Morgan fingerprint density at radius 1 is 0.943 bits per heavy atom. The number of esters is 2. The van der Waals surface area contributed by atoms with E-state index in [1.54, 1.807) is 48.5 Å². The fraction of sp³-hybridized carbons (Fsp3) is 0.115. The van der Waals surface area contributed by atoms with Gasteiger partial charge in [0.25, 0.3) is 0 Å². The van der Waals surface area contributed by atoms with Crippen LogP contribution in [0.1, 0.15) is 26.4 Å². The summed E-state index contributed by atoms with van der Waals surface area (Å²) in [5, 5.41) is 5.28. The first-order valence-corrected chi connectivity index (χ1v) is 11.6. The number of ether oxygens (including phenoxy) is 3.